The number of hydrogen-bond donors (Lipinski definition) is 0. The summed E-state index contributed by atoms with van der Waals surface area (Å²) in [6.07, 6.45) is 2.14. The zero-order valence-corrected chi connectivity index (χ0v) is 12.0. The van der Waals surface area contributed by atoms with Crippen LogP contribution in [0.25, 0.3) is 11.1 Å². The van der Waals surface area contributed by atoms with E-state index in [-0.39, 0.29) is 0 Å². The van der Waals surface area contributed by atoms with Crippen LogP contribution in [0.5, 0.6) is 0 Å². The van der Waals surface area contributed by atoms with Crippen LogP contribution in [0.1, 0.15) is 5.56 Å². The van der Waals surface area contributed by atoms with Crippen LogP contribution < -0.4 is 4.90 Å². The molecule has 0 spiro atoms. The number of thioether (sulfide) groups is 1. The quantitative estimate of drug-likeness (QED) is 0.804. The van der Waals surface area contributed by atoms with Crippen molar-refractivity contribution < 1.29 is 0 Å². The molecule has 2 rings (SSSR count). The van der Waals surface area contributed by atoms with E-state index in [1.54, 1.807) is 0 Å². The molecule has 0 aliphatic carbocycles. The largest absolute Gasteiger partial charge is 0.377 e. The monoisotopic (exact) mass is 257 g/mol. The van der Waals surface area contributed by atoms with Crippen molar-refractivity contribution in [3.8, 4) is 11.1 Å². The van der Waals surface area contributed by atoms with E-state index >= 15 is 0 Å². The van der Waals surface area contributed by atoms with Gasteiger partial charge in [0.15, 0.2) is 0 Å². The Kier molecular flexibility index (Phi) is 4.32. The van der Waals surface area contributed by atoms with E-state index in [1.807, 2.05) is 11.8 Å². The van der Waals surface area contributed by atoms with Gasteiger partial charge in [0.05, 0.1) is 0 Å². The van der Waals surface area contributed by atoms with Crippen LogP contribution in [0.3, 0.4) is 0 Å². The van der Waals surface area contributed by atoms with Gasteiger partial charge in [-0.2, -0.15) is 11.8 Å². The van der Waals surface area contributed by atoms with E-state index in [0.29, 0.717) is 0 Å². The van der Waals surface area contributed by atoms with Gasteiger partial charge in [0.1, 0.15) is 0 Å². The Morgan fingerprint density at radius 1 is 1.00 bits per heavy atom. The summed E-state index contributed by atoms with van der Waals surface area (Å²) >= 11 is 1.86. The fraction of sp³-hybridized carbons (Fsp3) is 0.250. The van der Waals surface area contributed by atoms with E-state index in [4.69, 9.17) is 0 Å². The molecule has 0 radical (unpaired) electrons. The third-order valence-corrected chi connectivity index (χ3v) is 3.56. The van der Waals surface area contributed by atoms with Gasteiger partial charge in [-0.25, -0.2) is 0 Å². The first-order chi connectivity index (χ1) is 8.72. The second kappa shape index (κ2) is 5.96. The van der Waals surface area contributed by atoms with Crippen LogP contribution in [-0.2, 0) is 5.75 Å². The highest BCUT2D eigenvalue weighted by Crippen LogP contribution is 2.30. The highest BCUT2D eigenvalue weighted by atomic mass is 32.2. The minimum Gasteiger partial charge on any atom is -0.377 e. The molecule has 0 aliphatic rings. The molecule has 0 N–H and O–H groups in total. The van der Waals surface area contributed by atoms with Gasteiger partial charge in [0, 0.05) is 31.1 Å². The Labute approximate surface area is 114 Å². The van der Waals surface area contributed by atoms with Crippen molar-refractivity contribution in [3.63, 3.8) is 0 Å². The van der Waals surface area contributed by atoms with E-state index in [1.165, 1.54) is 22.4 Å². The number of benzene rings is 2. The maximum atomic E-state index is 2.29. The summed E-state index contributed by atoms with van der Waals surface area (Å²) in [5.74, 6) is 1.07. The summed E-state index contributed by atoms with van der Waals surface area (Å²) in [7, 11) is 4.18. The first-order valence-electron chi connectivity index (χ1n) is 6.07. The Balaban J connectivity index is 2.45. The minimum atomic E-state index is 1.07. The molecule has 94 valence electrons. The topological polar surface area (TPSA) is 3.24 Å². The highest BCUT2D eigenvalue weighted by molar-refractivity contribution is 7.97. The summed E-state index contributed by atoms with van der Waals surface area (Å²) in [6.45, 7) is 0. The van der Waals surface area contributed by atoms with Gasteiger partial charge in [-0.3, -0.25) is 0 Å². The molecule has 2 aromatic carbocycles. The van der Waals surface area contributed by atoms with Crippen molar-refractivity contribution in [2.75, 3.05) is 25.3 Å². The lowest BCUT2D eigenvalue weighted by atomic mass is 10.0. The van der Waals surface area contributed by atoms with Crippen molar-refractivity contribution in [2.45, 2.75) is 5.75 Å². The predicted octanol–water partition coefficient (Wildman–Crippen LogP) is 4.28. The van der Waals surface area contributed by atoms with Gasteiger partial charge >= 0.3 is 0 Å². The fourth-order valence-corrected chi connectivity index (χ4v) is 2.62. The lowest BCUT2D eigenvalue weighted by molar-refractivity contribution is 1.13. The molecule has 0 aliphatic heterocycles. The molecule has 1 nitrogen and oxygen atoms in total. The number of rotatable bonds is 4. The average molecular weight is 257 g/mol. The Morgan fingerprint density at radius 3 is 2.50 bits per heavy atom. The Morgan fingerprint density at radius 2 is 1.78 bits per heavy atom. The number of nitrogens with zero attached hydrogens (tertiary/aromatic N) is 1. The SMILES string of the molecule is CSCc1cccc(-c2ccccc2N(C)C)c1. The van der Waals surface area contributed by atoms with Crippen molar-refractivity contribution in [1.82, 2.24) is 0 Å². The maximum absolute atomic E-state index is 2.29. The molecule has 0 fully saturated rings. The predicted molar refractivity (Wildman–Crippen MR) is 83.4 cm³/mol. The normalized spacial score (nSPS) is 10.4. The number of anilines is 1. The summed E-state index contributed by atoms with van der Waals surface area (Å²) in [4.78, 5) is 2.16. The molecule has 0 saturated carbocycles. The van der Waals surface area contributed by atoms with Crippen LogP contribution in [0.4, 0.5) is 5.69 Å². The van der Waals surface area contributed by atoms with Gasteiger partial charge < -0.3 is 4.90 Å². The highest BCUT2D eigenvalue weighted by Gasteiger charge is 2.06. The van der Waals surface area contributed by atoms with Crippen molar-refractivity contribution in [1.29, 1.82) is 0 Å². The maximum Gasteiger partial charge on any atom is 0.0440 e. The molecule has 0 unspecified atom stereocenters. The summed E-state index contributed by atoms with van der Waals surface area (Å²) in [5.41, 5.74) is 5.24. The molecule has 0 atom stereocenters. The van der Waals surface area contributed by atoms with Crippen molar-refractivity contribution in [3.05, 3.63) is 54.1 Å². The minimum absolute atomic E-state index is 1.07. The van der Waals surface area contributed by atoms with E-state index in [9.17, 15) is 0 Å². The third kappa shape index (κ3) is 2.88. The van der Waals surface area contributed by atoms with E-state index < -0.39 is 0 Å². The molecule has 0 saturated heterocycles. The molecule has 0 bridgehead atoms. The second-order valence-electron chi connectivity index (χ2n) is 4.54. The zero-order chi connectivity index (χ0) is 13.0. The van der Waals surface area contributed by atoms with Crippen molar-refractivity contribution >= 4 is 17.4 Å². The Bertz CT molecular complexity index is 520. The molecule has 18 heavy (non-hydrogen) atoms. The summed E-state index contributed by atoms with van der Waals surface area (Å²) < 4.78 is 0. The van der Waals surface area contributed by atoms with Gasteiger partial charge in [-0.15, -0.1) is 0 Å². The molecule has 0 heterocycles. The molecule has 2 heteroatoms. The standard InChI is InChI=1S/C16H19NS/c1-17(2)16-10-5-4-9-15(16)14-8-6-7-13(11-14)12-18-3/h4-11H,12H2,1-3H3. The first kappa shape index (κ1) is 13.0. The van der Waals surface area contributed by atoms with Crippen LogP contribution in [-0.4, -0.2) is 20.4 Å². The molecular weight excluding hydrogens is 238 g/mol. The van der Waals surface area contributed by atoms with E-state index in [0.717, 1.165) is 5.75 Å². The third-order valence-electron chi connectivity index (χ3n) is 2.93. The summed E-state index contributed by atoms with van der Waals surface area (Å²) in [5, 5.41) is 0. The molecular formula is C16H19NS. The molecule has 0 aromatic heterocycles. The van der Waals surface area contributed by atoms with Crippen LogP contribution >= 0.6 is 11.8 Å². The van der Waals surface area contributed by atoms with E-state index in [2.05, 4.69) is 73.8 Å². The molecule has 2 aromatic rings. The number of para-hydroxylation sites is 1. The molecule has 0 amide bonds. The Hall–Kier alpha value is -1.41. The smallest absolute Gasteiger partial charge is 0.0440 e. The summed E-state index contributed by atoms with van der Waals surface area (Å²) in [6, 6.07) is 17.4. The van der Waals surface area contributed by atoms with Crippen molar-refractivity contribution in [2.24, 2.45) is 0 Å². The van der Waals surface area contributed by atoms with Gasteiger partial charge in [0.25, 0.3) is 0 Å². The lowest BCUT2D eigenvalue weighted by Gasteiger charge is -2.17. The number of hydrogen-bond acceptors (Lipinski definition) is 2. The van der Waals surface area contributed by atoms with Gasteiger partial charge in [0.2, 0.25) is 0 Å². The average Bonchev–Trinajstić information content (AvgIpc) is 2.39. The van der Waals surface area contributed by atoms with Crippen LogP contribution in [0.2, 0.25) is 0 Å². The lowest BCUT2D eigenvalue weighted by Crippen LogP contribution is -2.09. The second-order valence-corrected chi connectivity index (χ2v) is 5.41. The van der Waals surface area contributed by atoms with Gasteiger partial charge in [-0.1, -0.05) is 42.5 Å². The van der Waals surface area contributed by atoms with Crippen LogP contribution in [0, 0.1) is 0 Å². The fourth-order valence-electron chi connectivity index (χ4n) is 2.10. The van der Waals surface area contributed by atoms with Gasteiger partial charge in [-0.05, 0) is 23.4 Å². The van der Waals surface area contributed by atoms with Crippen LogP contribution in [0.15, 0.2) is 48.5 Å². The first-order valence-corrected chi connectivity index (χ1v) is 7.46. The zero-order valence-electron chi connectivity index (χ0n) is 11.2.